The highest BCUT2D eigenvalue weighted by Gasteiger charge is 2.20. The molecule has 3 N–H and O–H groups in total. The number of nitrogen functional groups attached to an aromatic ring is 1. The molecule has 6 heteroatoms. The minimum Gasteiger partial charge on any atom is -0.397 e. The first-order chi connectivity index (χ1) is 12.6. The largest absolute Gasteiger partial charge is 0.397 e. The minimum atomic E-state index is -0.192. The summed E-state index contributed by atoms with van der Waals surface area (Å²) in [6.07, 6.45) is 1.98. The van der Waals surface area contributed by atoms with E-state index in [1.54, 1.807) is 12.1 Å². The van der Waals surface area contributed by atoms with Gasteiger partial charge in [-0.2, -0.15) is 0 Å². The fourth-order valence-corrected chi connectivity index (χ4v) is 3.57. The molecule has 1 saturated heterocycles. The summed E-state index contributed by atoms with van der Waals surface area (Å²) in [7, 11) is 0. The van der Waals surface area contributed by atoms with Gasteiger partial charge in [0.25, 0.3) is 5.91 Å². The number of fused-ring (bicyclic) bond motifs is 1. The maximum Gasteiger partial charge on any atom is 0.255 e. The molecule has 2 heterocycles. The van der Waals surface area contributed by atoms with Crippen LogP contribution in [0.4, 0.5) is 11.4 Å². The van der Waals surface area contributed by atoms with E-state index in [-0.39, 0.29) is 5.91 Å². The first-order valence-electron chi connectivity index (χ1n) is 8.85. The number of aromatic nitrogens is 2. The van der Waals surface area contributed by atoms with Crippen molar-refractivity contribution in [2.45, 2.75) is 25.8 Å². The number of amides is 1. The lowest BCUT2D eigenvalue weighted by Crippen LogP contribution is -2.20. The first kappa shape index (κ1) is 16.6. The topological polar surface area (TPSA) is 82.2 Å². The Balaban J connectivity index is 1.64. The number of benzene rings is 2. The van der Waals surface area contributed by atoms with E-state index in [1.165, 1.54) is 0 Å². The maximum atomic E-state index is 12.6. The van der Waals surface area contributed by atoms with E-state index in [0.717, 1.165) is 42.9 Å². The highest BCUT2D eigenvalue weighted by atomic mass is 16.5. The molecule has 0 bridgehead atoms. The van der Waals surface area contributed by atoms with Crippen molar-refractivity contribution in [3.8, 4) is 0 Å². The summed E-state index contributed by atoms with van der Waals surface area (Å²) in [5, 5.41) is 2.86. The van der Waals surface area contributed by atoms with Gasteiger partial charge in [0.2, 0.25) is 0 Å². The van der Waals surface area contributed by atoms with E-state index < -0.39 is 0 Å². The zero-order chi connectivity index (χ0) is 18.1. The summed E-state index contributed by atoms with van der Waals surface area (Å²) >= 11 is 0. The van der Waals surface area contributed by atoms with Gasteiger partial charge in [0, 0.05) is 24.8 Å². The Morgan fingerprint density at radius 3 is 2.77 bits per heavy atom. The Morgan fingerprint density at radius 1 is 1.23 bits per heavy atom. The van der Waals surface area contributed by atoms with Crippen LogP contribution in [-0.2, 0) is 4.74 Å². The van der Waals surface area contributed by atoms with Crippen molar-refractivity contribution in [1.82, 2.24) is 9.55 Å². The molecule has 0 saturated carbocycles. The van der Waals surface area contributed by atoms with Crippen molar-refractivity contribution in [2.24, 2.45) is 0 Å². The summed E-state index contributed by atoms with van der Waals surface area (Å²) in [5.74, 6) is 0.778. The van der Waals surface area contributed by atoms with E-state index in [9.17, 15) is 4.79 Å². The number of para-hydroxylation sites is 2. The normalized spacial score (nSPS) is 15.3. The minimum absolute atomic E-state index is 0.192. The Bertz CT molecular complexity index is 958. The first-order valence-corrected chi connectivity index (χ1v) is 8.85. The number of nitrogens with one attached hydrogen (secondary N) is 1. The van der Waals surface area contributed by atoms with Gasteiger partial charge in [0.05, 0.1) is 22.4 Å². The van der Waals surface area contributed by atoms with Gasteiger partial charge >= 0.3 is 0 Å². The number of nitrogens with zero attached hydrogens (tertiary/aromatic N) is 2. The van der Waals surface area contributed by atoms with Gasteiger partial charge in [0.1, 0.15) is 5.82 Å². The van der Waals surface area contributed by atoms with Crippen LogP contribution in [0.25, 0.3) is 11.0 Å². The molecule has 0 spiro atoms. The van der Waals surface area contributed by atoms with Crippen LogP contribution in [0.15, 0.2) is 42.5 Å². The highest BCUT2D eigenvalue weighted by Crippen LogP contribution is 2.28. The van der Waals surface area contributed by atoms with Crippen molar-refractivity contribution >= 4 is 28.3 Å². The van der Waals surface area contributed by atoms with Crippen LogP contribution < -0.4 is 11.1 Å². The highest BCUT2D eigenvalue weighted by molar-refractivity contribution is 6.07. The summed E-state index contributed by atoms with van der Waals surface area (Å²) in [6, 6.07) is 13.3. The molecule has 6 nitrogen and oxygen atoms in total. The number of anilines is 2. The molecule has 1 aliphatic heterocycles. The van der Waals surface area contributed by atoms with Crippen LogP contribution in [0, 0.1) is 6.92 Å². The second-order valence-corrected chi connectivity index (χ2v) is 6.62. The molecule has 0 atom stereocenters. The fourth-order valence-electron chi connectivity index (χ4n) is 3.57. The van der Waals surface area contributed by atoms with Crippen molar-refractivity contribution in [3.63, 3.8) is 0 Å². The molecular weight excluding hydrogens is 328 g/mol. The predicted molar refractivity (Wildman–Crippen MR) is 102 cm³/mol. The second kappa shape index (κ2) is 6.80. The number of rotatable bonds is 3. The zero-order valence-electron chi connectivity index (χ0n) is 14.7. The third kappa shape index (κ3) is 3.04. The average molecular weight is 350 g/mol. The van der Waals surface area contributed by atoms with E-state index in [4.69, 9.17) is 10.5 Å². The number of nitrogens with two attached hydrogens (primary N) is 1. The quantitative estimate of drug-likeness (QED) is 0.708. The Kier molecular flexibility index (Phi) is 4.34. The number of aryl methyl sites for hydroxylation is 1. The lowest BCUT2D eigenvalue weighted by molar-refractivity contribution is 0.0701. The second-order valence-electron chi connectivity index (χ2n) is 6.62. The van der Waals surface area contributed by atoms with E-state index in [1.807, 2.05) is 37.3 Å². The van der Waals surface area contributed by atoms with Crippen LogP contribution in [0.2, 0.25) is 0 Å². The third-order valence-corrected chi connectivity index (χ3v) is 4.89. The molecule has 3 aromatic rings. The summed E-state index contributed by atoms with van der Waals surface area (Å²) in [6.45, 7) is 3.57. The third-order valence-electron chi connectivity index (χ3n) is 4.89. The number of carbonyl (C=O) groups is 1. The monoisotopic (exact) mass is 350 g/mol. The summed E-state index contributed by atoms with van der Waals surface area (Å²) in [4.78, 5) is 17.3. The Hall–Kier alpha value is -2.86. The standard InChI is InChI=1S/C20H22N4O2/c1-13-22-18-12-14(20(25)23-17-5-3-2-4-16(17)21)6-7-19(18)24(13)15-8-10-26-11-9-15/h2-7,12,15H,8-11,21H2,1H3,(H,23,25). The zero-order valence-corrected chi connectivity index (χ0v) is 14.7. The molecule has 1 amide bonds. The van der Waals surface area contributed by atoms with Crippen molar-refractivity contribution < 1.29 is 9.53 Å². The number of carbonyl (C=O) groups excluding carboxylic acids is 1. The number of ether oxygens (including phenoxy) is 1. The van der Waals surface area contributed by atoms with Crippen LogP contribution in [0.3, 0.4) is 0 Å². The molecule has 26 heavy (non-hydrogen) atoms. The summed E-state index contributed by atoms with van der Waals surface area (Å²) < 4.78 is 7.74. The van der Waals surface area contributed by atoms with Gasteiger partial charge in [-0.15, -0.1) is 0 Å². The molecule has 2 aromatic carbocycles. The van der Waals surface area contributed by atoms with Crippen molar-refractivity contribution in [1.29, 1.82) is 0 Å². The van der Waals surface area contributed by atoms with Gasteiger partial charge in [-0.3, -0.25) is 4.79 Å². The van der Waals surface area contributed by atoms with Gasteiger partial charge in [-0.05, 0) is 50.1 Å². The van der Waals surface area contributed by atoms with Crippen LogP contribution in [0.1, 0.15) is 35.1 Å². The predicted octanol–water partition coefficient (Wildman–Crippen LogP) is 3.53. The average Bonchev–Trinajstić information content (AvgIpc) is 2.99. The van der Waals surface area contributed by atoms with E-state index >= 15 is 0 Å². The van der Waals surface area contributed by atoms with Gasteiger partial charge < -0.3 is 20.4 Å². The van der Waals surface area contributed by atoms with E-state index in [0.29, 0.717) is 23.0 Å². The molecule has 134 valence electrons. The summed E-state index contributed by atoms with van der Waals surface area (Å²) in [5.41, 5.74) is 9.52. The molecule has 0 radical (unpaired) electrons. The smallest absolute Gasteiger partial charge is 0.255 e. The molecule has 1 fully saturated rings. The molecule has 0 unspecified atom stereocenters. The van der Waals surface area contributed by atoms with Crippen LogP contribution >= 0.6 is 0 Å². The maximum absolute atomic E-state index is 12.6. The lowest BCUT2D eigenvalue weighted by Gasteiger charge is -2.25. The SMILES string of the molecule is Cc1nc2cc(C(=O)Nc3ccccc3N)ccc2n1C1CCOCC1. The number of hydrogen-bond acceptors (Lipinski definition) is 4. The molecular formula is C20H22N4O2. The fraction of sp³-hybridized carbons (Fsp3) is 0.300. The molecule has 4 rings (SSSR count). The molecule has 0 aliphatic carbocycles. The Labute approximate surface area is 152 Å². The van der Waals surface area contributed by atoms with Crippen molar-refractivity contribution in [3.05, 3.63) is 53.9 Å². The van der Waals surface area contributed by atoms with Gasteiger partial charge in [0.15, 0.2) is 0 Å². The van der Waals surface area contributed by atoms with Crippen LogP contribution in [-0.4, -0.2) is 28.7 Å². The van der Waals surface area contributed by atoms with Gasteiger partial charge in [-0.25, -0.2) is 4.98 Å². The van der Waals surface area contributed by atoms with Crippen LogP contribution in [0.5, 0.6) is 0 Å². The van der Waals surface area contributed by atoms with Gasteiger partial charge in [-0.1, -0.05) is 12.1 Å². The number of hydrogen-bond donors (Lipinski definition) is 2. The Morgan fingerprint density at radius 2 is 2.00 bits per heavy atom. The lowest BCUT2D eigenvalue weighted by atomic mass is 10.1. The number of imidazole rings is 1. The molecule has 1 aliphatic rings. The van der Waals surface area contributed by atoms with Crippen molar-refractivity contribution in [2.75, 3.05) is 24.3 Å². The molecule has 1 aromatic heterocycles. The van der Waals surface area contributed by atoms with E-state index in [2.05, 4.69) is 14.9 Å².